The summed E-state index contributed by atoms with van der Waals surface area (Å²) in [4.78, 5) is 12.8. The van der Waals surface area contributed by atoms with Gasteiger partial charge in [-0.25, -0.2) is 0 Å². The van der Waals surface area contributed by atoms with E-state index in [2.05, 4.69) is 5.32 Å². The van der Waals surface area contributed by atoms with Gasteiger partial charge in [0.1, 0.15) is 54.9 Å². The van der Waals surface area contributed by atoms with Crippen LogP contribution in [0.2, 0.25) is 0 Å². The molecule has 4 rings (SSSR count). The number of hydrogen-bond donors (Lipinski definition) is 13. The Kier molecular flexibility index (Phi) is 16.1. The third kappa shape index (κ3) is 9.91. The molecule has 18 atom stereocenters. The van der Waals surface area contributed by atoms with E-state index in [1.165, 1.54) is 0 Å². The summed E-state index contributed by atoms with van der Waals surface area (Å²) >= 11 is 0. The number of carbonyl (C=O) groups is 1. The molecule has 0 unspecified atom stereocenters. The van der Waals surface area contributed by atoms with Gasteiger partial charge in [0.25, 0.3) is 0 Å². The monoisotopic (exact) mass is 726 g/mol. The maximum Gasteiger partial charge on any atom is 0.187 e. The minimum atomic E-state index is -1.63. The van der Waals surface area contributed by atoms with Gasteiger partial charge in [-0.05, 0) is 38.1 Å². The number of aliphatic hydroxyl groups is 7. The van der Waals surface area contributed by atoms with E-state index in [1.54, 1.807) is 0 Å². The molecular weight excluding hydrogens is 668 g/mol. The lowest BCUT2D eigenvalue weighted by molar-refractivity contribution is -0.292. The highest BCUT2D eigenvalue weighted by molar-refractivity contribution is 5.83. The Hall–Kier alpha value is -1.09. The van der Waals surface area contributed by atoms with Crippen molar-refractivity contribution >= 4 is 5.78 Å². The van der Waals surface area contributed by atoms with Crippen LogP contribution < -0.4 is 34.0 Å². The number of ketones is 1. The Morgan fingerprint density at radius 1 is 0.800 bits per heavy atom. The van der Waals surface area contributed by atoms with Crippen LogP contribution in [0.25, 0.3) is 0 Å². The predicted octanol–water partition coefficient (Wildman–Crippen LogP) is -7.26. The largest absolute Gasteiger partial charge is 0.395 e. The fourth-order valence-corrected chi connectivity index (χ4v) is 6.95. The molecular formula is C30H58N6O14. The van der Waals surface area contributed by atoms with E-state index in [9.17, 15) is 35.4 Å². The van der Waals surface area contributed by atoms with E-state index in [1.807, 2.05) is 0 Å². The van der Waals surface area contributed by atoms with E-state index in [0.717, 1.165) is 0 Å². The lowest BCUT2D eigenvalue weighted by Gasteiger charge is -2.46. The molecule has 20 nitrogen and oxygen atoms in total. The van der Waals surface area contributed by atoms with Crippen molar-refractivity contribution in [2.75, 3.05) is 39.4 Å². The second kappa shape index (κ2) is 19.3. The summed E-state index contributed by atoms with van der Waals surface area (Å²) in [5, 5.41) is 76.2. The quantitative estimate of drug-likeness (QED) is 0.0619. The molecule has 0 bridgehead atoms. The van der Waals surface area contributed by atoms with E-state index in [-0.39, 0.29) is 45.1 Å². The molecule has 50 heavy (non-hydrogen) atoms. The Morgan fingerprint density at radius 3 is 2.14 bits per heavy atom. The second-order valence-electron chi connectivity index (χ2n) is 13.6. The van der Waals surface area contributed by atoms with E-state index in [0.29, 0.717) is 25.9 Å². The van der Waals surface area contributed by atoms with Crippen molar-refractivity contribution in [2.45, 2.75) is 136 Å². The van der Waals surface area contributed by atoms with Gasteiger partial charge in [0.2, 0.25) is 0 Å². The van der Waals surface area contributed by atoms with E-state index >= 15 is 0 Å². The third-order valence-corrected chi connectivity index (χ3v) is 9.90. The molecule has 0 aromatic carbocycles. The van der Waals surface area contributed by atoms with Crippen LogP contribution in [0.1, 0.15) is 32.1 Å². The molecule has 0 amide bonds. The standard InChI is InChI=1S/C30H58N6O14/c31-4-3-16(39)17(40)8-12-7-15(34)25(48-28-14(33)2-1-13(45-28)10-36-5-6-37)27(21(12)41)50-30-24(44)26(19(11-38)47-30)49-29-20(35)23(43)22(42)18(9-32)46-29/h12-16,18-30,36-39,41-44H,1-11,31-35H2/t12-,13-,14+,15-,16-,18-,19+,20+,21-,22+,23+,24+,25+,26+,27+,28+,29+,30-/m0/s1. The molecule has 1 saturated carbocycles. The molecule has 4 aliphatic rings. The maximum absolute atomic E-state index is 12.8. The topological polar surface area (TPSA) is 356 Å². The van der Waals surface area contributed by atoms with Crippen molar-refractivity contribution in [1.29, 1.82) is 0 Å². The van der Waals surface area contributed by atoms with Crippen LogP contribution >= 0.6 is 0 Å². The number of carbonyl (C=O) groups excluding carboxylic acids is 1. The van der Waals surface area contributed by atoms with Gasteiger partial charge in [-0.3, -0.25) is 4.79 Å². The Labute approximate surface area is 290 Å². The van der Waals surface area contributed by atoms with Crippen LogP contribution in [0.4, 0.5) is 0 Å². The molecule has 3 saturated heterocycles. The van der Waals surface area contributed by atoms with E-state index in [4.69, 9.17) is 62.2 Å². The number of nitrogens with two attached hydrogens (primary N) is 5. The van der Waals surface area contributed by atoms with Crippen LogP contribution in [0.3, 0.4) is 0 Å². The minimum absolute atomic E-state index is 0.0347. The molecule has 18 N–H and O–H groups in total. The number of ether oxygens (including phenoxy) is 6. The highest BCUT2D eigenvalue weighted by atomic mass is 16.8. The first-order valence-corrected chi connectivity index (χ1v) is 17.3. The highest BCUT2D eigenvalue weighted by Crippen LogP contribution is 2.37. The van der Waals surface area contributed by atoms with Crippen LogP contribution in [0.15, 0.2) is 0 Å². The van der Waals surface area contributed by atoms with Crippen molar-refractivity contribution in [2.24, 2.45) is 34.6 Å². The summed E-state index contributed by atoms with van der Waals surface area (Å²) in [6.07, 6.45) is -16.5. The average Bonchev–Trinajstić information content (AvgIpc) is 3.39. The first kappa shape index (κ1) is 41.7. The smallest absolute Gasteiger partial charge is 0.187 e. The Morgan fingerprint density at radius 2 is 1.48 bits per heavy atom. The summed E-state index contributed by atoms with van der Waals surface area (Å²) in [5.74, 6) is -1.35. The van der Waals surface area contributed by atoms with Crippen LogP contribution in [0.5, 0.6) is 0 Å². The Bertz CT molecular complexity index is 1040. The van der Waals surface area contributed by atoms with Gasteiger partial charge >= 0.3 is 0 Å². The molecule has 0 radical (unpaired) electrons. The molecule has 0 aromatic heterocycles. The summed E-state index contributed by atoms with van der Waals surface area (Å²) in [6.45, 7) is -0.0183. The maximum atomic E-state index is 12.8. The zero-order chi connectivity index (χ0) is 36.7. The predicted molar refractivity (Wildman–Crippen MR) is 171 cm³/mol. The van der Waals surface area contributed by atoms with Gasteiger partial charge in [0.05, 0.1) is 37.5 Å². The zero-order valence-electron chi connectivity index (χ0n) is 28.0. The van der Waals surface area contributed by atoms with Crippen LogP contribution in [-0.2, 0) is 33.2 Å². The summed E-state index contributed by atoms with van der Waals surface area (Å²) < 4.78 is 36.0. The molecule has 20 heteroatoms. The molecule has 1 aliphatic carbocycles. The normalized spacial score (nSPS) is 44.7. The summed E-state index contributed by atoms with van der Waals surface area (Å²) in [5.41, 5.74) is 30.2. The fourth-order valence-electron chi connectivity index (χ4n) is 6.95. The van der Waals surface area contributed by atoms with Gasteiger partial charge in [0, 0.05) is 32.1 Å². The van der Waals surface area contributed by atoms with E-state index < -0.39 is 116 Å². The van der Waals surface area contributed by atoms with Gasteiger partial charge < -0.3 is 98.2 Å². The number of nitrogens with one attached hydrogen (secondary N) is 1. The van der Waals surface area contributed by atoms with Crippen molar-refractivity contribution < 1.29 is 69.0 Å². The Balaban J connectivity index is 1.54. The third-order valence-electron chi connectivity index (χ3n) is 9.90. The van der Waals surface area contributed by atoms with Crippen molar-refractivity contribution in [3.8, 4) is 0 Å². The zero-order valence-corrected chi connectivity index (χ0v) is 28.0. The highest BCUT2D eigenvalue weighted by Gasteiger charge is 2.54. The lowest BCUT2D eigenvalue weighted by Crippen LogP contribution is -2.64. The van der Waals surface area contributed by atoms with Gasteiger partial charge in [-0.2, -0.15) is 0 Å². The molecule has 0 aromatic rings. The van der Waals surface area contributed by atoms with Crippen molar-refractivity contribution in [1.82, 2.24) is 5.32 Å². The first-order valence-electron chi connectivity index (χ1n) is 17.3. The number of aliphatic hydroxyl groups excluding tert-OH is 7. The fraction of sp³-hybridized carbons (Fsp3) is 0.967. The molecule has 292 valence electrons. The average molecular weight is 727 g/mol. The van der Waals surface area contributed by atoms with Crippen molar-refractivity contribution in [3.63, 3.8) is 0 Å². The van der Waals surface area contributed by atoms with Crippen LogP contribution in [0, 0.1) is 5.92 Å². The molecule has 4 fully saturated rings. The molecule has 3 heterocycles. The molecule has 0 spiro atoms. The summed E-state index contributed by atoms with van der Waals surface area (Å²) in [6, 6.07) is -2.69. The van der Waals surface area contributed by atoms with Gasteiger partial charge in [-0.15, -0.1) is 0 Å². The SMILES string of the molecule is NCC[C@H](O)C(=O)C[C@@H]1C[C@H](N)[C@@H](O[C@H]2O[C@H](CNCCO)CC[C@H]2N)[C@H](O[C@@H]2O[C@H](CO)[C@@H](O[C@H]3O[C@@H](CN)[C@@H](O)[C@H](O)[C@H]3N)[C@H]2O)[C@H]1O. The summed E-state index contributed by atoms with van der Waals surface area (Å²) in [7, 11) is 0. The molecule has 3 aliphatic heterocycles. The number of rotatable bonds is 17. The van der Waals surface area contributed by atoms with Crippen molar-refractivity contribution in [3.05, 3.63) is 0 Å². The minimum Gasteiger partial charge on any atom is -0.395 e. The number of Topliss-reactive ketones (excluding diaryl/α,β-unsaturated/α-hetero) is 1. The van der Waals surface area contributed by atoms with Crippen LogP contribution in [-0.4, -0.2) is 185 Å². The number of hydrogen-bond acceptors (Lipinski definition) is 20. The lowest BCUT2D eigenvalue weighted by atomic mass is 9.76. The van der Waals surface area contributed by atoms with Gasteiger partial charge in [-0.1, -0.05) is 0 Å². The first-order chi connectivity index (χ1) is 23.8. The van der Waals surface area contributed by atoms with Gasteiger partial charge in [0.15, 0.2) is 24.7 Å². The second-order valence-corrected chi connectivity index (χ2v) is 13.6.